The molecule has 0 atom stereocenters. The lowest BCUT2D eigenvalue weighted by molar-refractivity contribution is -0.123. The van der Waals surface area contributed by atoms with Crippen molar-refractivity contribution in [2.24, 2.45) is 0 Å². The lowest BCUT2D eigenvalue weighted by atomic mass is 10.1. The van der Waals surface area contributed by atoms with Crippen LogP contribution in [0.15, 0.2) is 47.4 Å². The molecule has 6 nitrogen and oxygen atoms in total. The highest BCUT2D eigenvalue weighted by atomic mass is 32.2. The highest BCUT2D eigenvalue weighted by Crippen LogP contribution is 2.39. The fourth-order valence-electron chi connectivity index (χ4n) is 2.71. The Morgan fingerprint density at radius 2 is 1.56 bits per heavy atom. The summed E-state index contributed by atoms with van der Waals surface area (Å²) in [6.45, 7) is 0.242. The fourth-order valence-corrected chi connectivity index (χ4v) is 3.54. The number of imide groups is 1. The Hall–Kier alpha value is -2.93. The first kappa shape index (κ1) is 18.8. The summed E-state index contributed by atoms with van der Waals surface area (Å²) in [6.07, 6.45) is 1.64. The van der Waals surface area contributed by atoms with E-state index in [1.807, 2.05) is 30.3 Å². The topological polar surface area (TPSA) is 65.1 Å². The van der Waals surface area contributed by atoms with Gasteiger partial charge in [-0.1, -0.05) is 30.3 Å². The zero-order valence-electron chi connectivity index (χ0n) is 15.2. The molecule has 2 amide bonds. The minimum Gasteiger partial charge on any atom is -0.496 e. The third-order valence-corrected chi connectivity index (χ3v) is 4.99. The monoisotopic (exact) mass is 385 g/mol. The van der Waals surface area contributed by atoms with Gasteiger partial charge >= 0.3 is 0 Å². The minimum atomic E-state index is -0.328. The molecule has 140 valence electrons. The average Bonchev–Trinajstić information content (AvgIpc) is 2.95. The van der Waals surface area contributed by atoms with Crippen LogP contribution in [0, 0.1) is 0 Å². The van der Waals surface area contributed by atoms with E-state index in [9.17, 15) is 9.59 Å². The van der Waals surface area contributed by atoms with Crippen LogP contribution in [0.3, 0.4) is 0 Å². The number of carbonyl (C=O) groups excluding carboxylic acids is 2. The van der Waals surface area contributed by atoms with Crippen molar-refractivity contribution in [1.29, 1.82) is 0 Å². The van der Waals surface area contributed by atoms with Gasteiger partial charge in [0.2, 0.25) is 0 Å². The van der Waals surface area contributed by atoms with E-state index in [0.29, 0.717) is 27.7 Å². The Kier molecular flexibility index (Phi) is 5.71. The number of amides is 2. The third kappa shape index (κ3) is 3.93. The van der Waals surface area contributed by atoms with E-state index in [-0.39, 0.29) is 17.7 Å². The van der Waals surface area contributed by atoms with Crippen molar-refractivity contribution < 1.29 is 23.8 Å². The largest absolute Gasteiger partial charge is 0.496 e. The smallest absolute Gasteiger partial charge is 0.293 e. The summed E-state index contributed by atoms with van der Waals surface area (Å²) in [5, 5.41) is -0.297. The predicted octanol–water partition coefficient (Wildman–Crippen LogP) is 3.95. The minimum absolute atomic E-state index is 0.242. The van der Waals surface area contributed by atoms with Gasteiger partial charge < -0.3 is 14.2 Å². The zero-order chi connectivity index (χ0) is 19.4. The molecule has 1 saturated heterocycles. The molecule has 0 bridgehead atoms. The summed E-state index contributed by atoms with van der Waals surface area (Å²) in [5.41, 5.74) is 1.52. The summed E-state index contributed by atoms with van der Waals surface area (Å²) in [7, 11) is 4.59. The number of ether oxygens (including phenoxy) is 3. The first-order valence-electron chi connectivity index (χ1n) is 8.16. The second-order valence-electron chi connectivity index (χ2n) is 5.70. The molecule has 0 saturated carbocycles. The van der Waals surface area contributed by atoms with Crippen molar-refractivity contribution in [2.45, 2.75) is 6.54 Å². The quantitative estimate of drug-likeness (QED) is 0.702. The normalized spacial score (nSPS) is 15.4. The van der Waals surface area contributed by atoms with Crippen LogP contribution in [0.4, 0.5) is 4.79 Å². The molecule has 1 aliphatic rings. The molecule has 2 aromatic rings. The highest BCUT2D eigenvalue weighted by molar-refractivity contribution is 8.18. The van der Waals surface area contributed by atoms with Crippen LogP contribution < -0.4 is 14.2 Å². The van der Waals surface area contributed by atoms with Gasteiger partial charge in [-0.05, 0) is 29.5 Å². The fraction of sp³-hybridized carbons (Fsp3) is 0.200. The first-order valence-corrected chi connectivity index (χ1v) is 8.98. The molecule has 3 rings (SSSR count). The molecule has 0 spiro atoms. The van der Waals surface area contributed by atoms with Crippen molar-refractivity contribution in [3.8, 4) is 17.2 Å². The molecule has 0 unspecified atom stereocenters. The van der Waals surface area contributed by atoms with Gasteiger partial charge in [0.15, 0.2) is 11.5 Å². The second kappa shape index (κ2) is 8.18. The molecule has 1 heterocycles. The van der Waals surface area contributed by atoms with Gasteiger partial charge in [0.1, 0.15) is 5.75 Å². The van der Waals surface area contributed by atoms with Crippen molar-refractivity contribution >= 4 is 29.0 Å². The molecular weight excluding hydrogens is 366 g/mol. The van der Waals surface area contributed by atoms with E-state index in [1.54, 1.807) is 18.2 Å². The first-order chi connectivity index (χ1) is 13.1. The van der Waals surface area contributed by atoms with Crippen LogP contribution in [0.25, 0.3) is 6.08 Å². The molecule has 1 fully saturated rings. The van der Waals surface area contributed by atoms with Crippen molar-refractivity contribution in [2.75, 3.05) is 21.3 Å². The molecule has 27 heavy (non-hydrogen) atoms. The third-order valence-electron chi connectivity index (χ3n) is 4.08. The summed E-state index contributed by atoms with van der Waals surface area (Å²) < 4.78 is 16.0. The number of nitrogens with zero attached hydrogens (tertiary/aromatic N) is 1. The van der Waals surface area contributed by atoms with E-state index in [2.05, 4.69) is 0 Å². The van der Waals surface area contributed by atoms with Crippen molar-refractivity contribution in [3.05, 3.63) is 58.5 Å². The lowest BCUT2D eigenvalue weighted by Gasteiger charge is -2.13. The standard InChI is InChI=1S/C20H19NO5S/c1-24-15-11-17(26-3)16(25-2)9-14(15)10-18-19(22)21(20(23)27-18)12-13-7-5-4-6-8-13/h4-11H,12H2,1-3H3/b18-10+. The van der Waals surface area contributed by atoms with E-state index >= 15 is 0 Å². The van der Waals surface area contributed by atoms with Gasteiger partial charge in [-0.3, -0.25) is 14.5 Å². The van der Waals surface area contributed by atoms with Crippen LogP contribution in [-0.4, -0.2) is 37.4 Å². The zero-order valence-corrected chi connectivity index (χ0v) is 16.0. The Labute approximate surface area is 161 Å². The summed E-state index contributed by atoms with van der Waals surface area (Å²) in [4.78, 5) is 26.6. The highest BCUT2D eigenvalue weighted by Gasteiger charge is 2.35. The SMILES string of the molecule is COc1cc(OC)c(OC)cc1/C=C1/SC(=O)N(Cc2ccccc2)C1=O. The molecule has 7 heteroatoms. The van der Waals surface area contributed by atoms with E-state index < -0.39 is 0 Å². The van der Waals surface area contributed by atoms with Crippen LogP contribution in [0.1, 0.15) is 11.1 Å². The van der Waals surface area contributed by atoms with Gasteiger partial charge in [-0.15, -0.1) is 0 Å². The van der Waals surface area contributed by atoms with E-state index in [1.165, 1.54) is 26.2 Å². The van der Waals surface area contributed by atoms with Crippen LogP contribution in [0.2, 0.25) is 0 Å². The van der Waals surface area contributed by atoms with E-state index in [4.69, 9.17) is 14.2 Å². The lowest BCUT2D eigenvalue weighted by Crippen LogP contribution is -2.27. The van der Waals surface area contributed by atoms with Crippen LogP contribution >= 0.6 is 11.8 Å². The number of hydrogen-bond acceptors (Lipinski definition) is 6. The number of carbonyl (C=O) groups is 2. The number of benzene rings is 2. The van der Waals surface area contributed by atoms with Crippen molar-refractivity contribution in [3.63, 3.8) is 0 Å². The maximum absolute atomic E-state index is 12.7. The average molecular weight is 385 g/mol. The molecule has 1 aliphatic heterocycles. The van der Waals surface area contributed by atoms with Crippen LogP contribution in [-0.2, 0) is 11.3 Å². The summed E-state index contributed by atoms with van der Waals surface area (Å²) in [5.74, 6) is 1.21. The molecule has 2 aromatic carbocycles. The molecule has 0 radical (unpaired) electrons. The van der Waals surface area contributed by atoms with Gasteiger partial charge in [-0.2, -0.15) is 0 Å². The second-order valence-corrected chi connectivity index (χ2v) is 6.70. The maximum atomic E-state index is 12.7. The van der Waals surface area contributed by atoms with Gasteiger partial charge in [-0.25, -0.2) is 0 Å². The van der Waals surface area contributed by atoms with Crippen molar-refractivity contribution in [1.82, 2.24) is 4.90 Å². The maximum Gasteiger partial charge on any atom is 0.293 e. The predicted molar refractivity (Wildman–Crippen MR) is 104 cm³/mol. The molecule has 0 aliphatic carbocycles. The number of hydrogen-bond donors (Lipinski definition) is 0. The Morgan fingerprint density at radius 1 is 0.926 bits per heavy atom. The van der Waals surface area contributed by atoms with Gasteiger partial charge in [0, 0.05) is 11.6 Å². The number of rotatable bonds is 6. The summed E-state index contributed by atoms with van der Waals surface area (Å²) >= 11 is 0.909. The van der Waals surface area contributed by atoms with E-state index in [0.717, 1.165) is 17.3 Å². The Morgan fingerprint density at radius 3 is 2.19 bits per heavy atom. The van der Waals surface area contributed by atoms with Gasteiger partial charge in [0.25, 0.3) is 11.1 Å². The van der Waals surface area contributed by atoms with Gasteiger partial charge in [0.05, 0.1) is 32.8 Å². The molecule has 0 N–H and O–H groups in total. The number of thioether (sulfide) groups is 1. The number of methoxy groups -OCH3 is 3. The Balaban J connectivity index is 1.91. The summed E-state index contributed by atoms with van der Waals surface area (Å²) in [6, 6.07) is 12.8. The molecular formula is C20H19NO5S. The van der Waals surface area contributed by atoms with Crippen LogP contribution in [0.5, 0.6) is 17.2 Å². The molecule has 0 aromatic heterocycles. The Bertz CT molecular complexity index is 895.